The SMILES string of the molecule is CCOCOc1ccc(C=O)cc1[N+](=O)[O-]. The molecule has 0 fully saturated rings. The first-order valence-electron chi connectivity index (χ1n) is 4.63. The Bertz CT molecular complexity index is 391. The van der Waals surface area contributed by atoms with Crippen molar-refractivity contribution in [1.29, 1.82) is 0 Å². The van der Waals surface area contributed by atoms with Crippen LogP contribution in [-0.2, 0) is 4.74 Å². The van der Waals surface area contributed by atoms with Gasteiger partial charge in [0, 0.05) is 18.2 Å². The molecular weight excluding hydrogens is 214 g/mol. The molecule has 0 aromatic heterocycles. The molecule has 0 unspecified atom stereocenters. The summed E-state index contributed by atoms with van der Waals surface area (Å²) < 4.78 is 9.97. The fourth-order valence-corrected chi connectivity index (χ4v) is 1.06. The van der Waals surface area contributed by atoms with Gasteiger partial charge in [0.15, 0.2) is 12.5 Å². The topological polar surface area (TPSA) is 78.7 Å². The Balaban J connectivity index is 2.89. The molecule has 0 amide bonds. The van der Waals surface area contributed by atoms with E-state index in [0.29, 0.717) is 12.9 Å². The van der Waals surface area contributed by atoms with Gasteiger partial charge in [-0.25, -0.2) is 0 Å². The molecule has 0 atom stereocenters. The van der Waals surface area contributed by atoms with Gasteiger partial charge in [0.25, 0.3) is 0 Å². The normalized spacial score (nSPS) is 9.81. The fraction of sp³-hybridized carbons (Fsp3) is 0.300. The number of benzene rings is 1. The molecule has 0 aliphatic carbocycles. The Kier molecular flexibility index (Phi) is 4.41. The average Bonchev–Trinajstić information content (AvgIpc) is 2.29. The second-order valence-electron chi connectivity index (χ2n) is 2.86. The first-order valence-corrected chi connectivity index (χ1v) is 4.63. The molecule has 0 bridgehead atoms. The molecule has 86 valence electrons. The predicted octanol–water partition coefficient (Wildman–Crippen LogP) is 1.78. The Labute approximate surface area is 91.9 Å². The van der Waals surface area contributed by atoms with Crippen molar-refractivity contribution >= 4 is 12.0 Å². The van der Waals surface area contributed by atoms with Crippen LogP contribution in [0.3, 0.4) is 0 Å². The maximum atomic E-state index is 10.7. The summed E-state index contributed by atoms with van der Waals surface area (Å²) in [4.78, 5) is 20.6. The molecule has 0 N–H and O–H groups in total. The number of aldehydes is 1. The van der Waals surface area contributed by atoms with Crippen molar-refractivity contribution < 1.29 is 19.2 Å². The standard InChI is InChI=1S/C10H11NO5/c1-2-15-7-16-10-4-3-8(6-12)5-9(10)11(13)14/h3-6H,2,7H2,1H3. The minimum atomic E-state index is -0.603. The highest BCUT2D eigenvalue weighted by molar-refractivity contribution is 5.77. The van der Waals surface area contributed by atoms with E-state index in [1.165, 1.54) is 12.1 Å². The molecule has 1 aromatic carbocycles. The van der Waals surface area contributed by atoms with Crippen LogP contribution in [0.4, 0.5) is 5.69 Å². The average molecular weight is 225 g/mol. The lowest BCUT2D eigenvalue weighted by atomic mass is 10.2. The Morgan fingerprint density at radius 3 is 2.81 bits per heavy atom. The summed E-state index contributed by atoms with van der Waals surface area (Å²) in [7, 11) is 0. The van der Waals surface area contributed by atoms with E-state index < -0.39 is 4.92 Å². The van der Waals surface area contributed by atoms with E-state index >= 15 is 0 Å². The minimum Gasteiger partial charge on any atom is -0.460 e. The summed E-state index contributed by atoms with van der Waals surface area (Å²) in [6, 6.07) is 3.98. The predicted molar refractivity (Wildman–Crippen MR) is 55.6 cm³/mol. The molecule has 0 radical (unpaired) electrons. The van der Waals surface area contributed by atoms with Gasteiger partial charge >= 0.3 is 5.69 Å². The maximum Gasteiger partial charge on any atom is 0.311 e. The zero-order valence-corrected chi connectivity index (χ0v) is 8.71. The second kappa shape index (κ2) is 5.82. The highest BCUT2D eigenvalue weighted by Gasteiger charge is 2.15. The molecule has 0 aliphatic rings. The summed E-state index contributed by atoms with van der Waals surface area (Å²) in [5.74, 6) is 0.0871. The Hall–Kier alpha value is -1.95. The van der Waals surface area contributed by atoms with Crippen LogP contribution in [0.5, 0.6) is 5.75 Å². The zero-order chi connectivity index (χ0) is 12.0. The van der Waals surface area contributed by atoms with Crippen molar-refractivity contribution in [2.75, 3.05) is 13.4 Å². The fourth-order valence-electron chi connectivity index (χ4n) is 1.06. The molecule has 1 aromatic rings. The third-order valence-electron chi connectivity index (χ3n) is 1.82. The van der Waals surface area contributed by atoms with E-state index in [0.717, 1.165) is 6.07 Å². The molecule has 0 heterocycles. The summed E-state index contributed by atoms with van der Waals surface area (Å²) in [5, 5.41) is 10.7. The number of ether oxygens (including phenoxy) is 2. The van der Waals surface area contributed by atoms with Crippen LogP contribution in [0.25, 0.3) is 0 Å². The number of nitrogens with zero attached hydrogens (tertiary/aromatic N) is 1. The lowest BCUT2D eigenvalue weighted by Crippen LogP contribution is -2.04. The summed E-state index contributed by atoms with van der Waals surface area (Å²) >= 11 is 0. The number of hydrogen-bond acceptors (Lipinski definition) is 5. The quantitative estimate of drug-likeness (QED) is 0.242. The largest absolute Gasteiger partial charge is 0.460 e. The van der Waals surface area contributed by atoms with Gasteiger partial charge in [-0.05, 0) is 19.1 Å². The third-order valence-corrected chi connectivity index (χ3v) is 1.82. The van der Waals surface area contributed by atoms with Crippen LogP contribution >= 0.6 is 0 Å². The molecular formula is C10H11NO5. The number of rotatable bonds is 6. The van der Waals surface area contributed by atoms with Crippen LogP contribution < -0.4 is 4.74 Å². The summed E-state index contributed by atoms with van der Waals surface area (Å²) in [6.07, 6.45) is 0.541. The molecule has 16 heavy (non-hydrogen) atoms. The van der Waals surface area contributed by atoms with Gasteiger partial charge in [0.1, 0.15) is 6.29 Å². The van der Waals surface area contributed by atoms with Gasteiger partial charge in [-0.2, -0.15) is 0 Å². The Morgan fingerprint density at radius 1 is 1.50 bits per heavy atom. The summed E-state index contributed by atoms with van der Waals surface area (Å²) in [5.41, 5.74) is -0.0141. The first kappa shape index (κ1) is 12.1. The Morgan fingerprint density at radius 2 is 2.25 bits per heavy atom. The number of carbonyl (C=O) groups excluding carboxylic acids is 1. The van der Waals surface area contributed by atoms with Crippen molar-refractivity contribution in [3.8, 4) is 5.75 Å². The van der Waals surface area contributed by atoms with Crippen LogP contribution in [0.15, 0.2) is 18.2 Å². The minimum absolute atomic E-state index is 0.0578. The molecule has 0 saturated carbocycles. The first-order chi connectivity index (χ1) is 7.69. The number of nitro benzene ring substituents is 1. The monoisotopic (exact) mass is 225 g/mol. The van der Waals surface area contributed by atoms with E-state index in [2.05, 4.69) is 0 Å². The van der Waals surface area contributed by atoms with Crippen molar-refractivity contribution in [3.63, 3.8) is 0 Å². The van der Waals surface area contributed by atoms with E-state index in [9.17, 15) is 14.9 Å². The van der Waals surface area contributed by atoms with Gasteiger partial charge in [-0.1, -0.05) is 0 Å². The van der Waals surface area contributed by atoms with Crippen LogP contribution in [-0.4, -0.2) is 24.6 Å². The van der Waals surface area contributed by atoms with E-state index in [1.807, 2.05) is 0 Å². The van der Waals surface area contributed by atoms with Gasteiger partial charge in [0.2, 0.25) is 0 Å². The van der Waals surface area contributed by atoms with Gasteiger partial charge in [0.05, 0.1) is 4.92 Å². The molecule has 0 aliphatic heterocycles. The lowest BCUT2D eigenvalue weighted by Gasteiger charge is -2.06. The van der Waals surface area contributed by atoms with Crippen molar-refractivity contribution in [2.45, 2.75) is 6.92 Å². The van der Waals surface area contributed by atoms with Crippen LogP contribution in [0.2, 0.25) is 0 Å². The summed E-state index contributed by atoms with van der Waals surface area (Å²) in [6.45, 7) is 2.19. The van der Waals surface area contributed by atoms with E-state index in [4.69, 9.17) is 9.47 Å². The smallest absolute Gasteiger partial charge is 0.311 e. The van der Waals surface area contributed by atoms with Crippen LogP contribution in [0, 0.1) is 10.1 Å². The molecule has 6 heteroatoms. The number of carbonyl (C=O) groups is 1. The highest BCUT2D eigenvalue weighted by Crippen LogP contribution is 2.27. The second-order valence-corrected chi connectivity index (χ2v) is 2.86. The zero-order valence-electron chi connectivity index (χ0n) is 8.71. The lowest BCUT2D eigenvalue weighted by molar-refractivity contribution is -0.386. The van der Waals surface area contributed by atoms with Crippen molar-refractivity contribution in [1.82, 2.24) is 0 Å². The van der Waals surface area contributed by atoms with Gasteiger partial charge in [-0.15, -0.1) is 0 Å². The third kappa shape index (κ3) is 3.03. The van der Waals surface area contributed by atoms with Gasteiger partial charge < -0.3 is 9.47 Å². The van der Waals surface area contributed by atoms with E-state index in [1.54, 1.807) is 6.92 Å². The van der Waals surface area contributed by atoms with Crippen LogP contribution in [0.1, 0.15) is 17.3 Å². The molecule has 0 saturated heterocycles. The molecule has 1 rings (SSSR count). The molecule has 0 spiro atoms. The number of hydrogen-bond donors (Lipinski definition) is 0. The van der Waals surface area contributed by atoms with E-state index in [-0.39, 0.29) is 23.8 Å². The van der Waals surface area contributed by atoms with Crippen molar-refractivity contribution in [2.24, 2.45) is 0 Å². The highest BCUT2D eigenvalue weighted by atomic mass is 16.7. The molecule has 6 nitrogen and oxygen atoms in total. The van der Waals surface area contributed by atoms with Gasteiger partial charge in [-0.3, -0.25) is 14.9 Å². The van der Waals surface area contributed by atoms with Crippen molar-refractivity contribution in [3.05, 3.63) is 33.9 Å². The maximum absolute atomic E-state index is 10.7. The number of nitro groups is 1.